The van der Waals surface area contributed by atoms with Gasteiger partial charge in [0.25, 0.3) is 5.91 Å². The Morgan fingerprint density at radius 3 is 2.15 bits per heavy atom. The van der Waals surface area contributed by atoms with Crippen LogP contribution in [0.15, 0.2) is 48.5 Å². The van der Waals surface area contributed by atoms with Crippen LogP contribution < -0.4 is 15.5 Å². The van der Waals surface area contributed by atoms with Gasteiger partial charge in [0.1, 0.15) is 11.9 Å². The quantitative estimate of drug-likeness (QED) is 0.834. The molecule has 0 heterocycles. The fourth-order valence-corrected chi connectivity index (χ4v) is 2.46. The van der Waals surface area contributed by atoms with Crippen molar-refractivity contribution in [2.45, 2.75) is 19.9 Å². The van der Waals surface area contributed by atoms with Crippen LogP contribution in [0.25, 0.3) is 0 Å². The van der Waals surface area contributed by atoms with E-state index in [4.69, 9.17) is 0 Å². The van der Waals surface area contributed by atoms with Gasteiger partial charge in [0, 0.05) is 25.5 Å². The zero-order valence-corrected chi connectivity index (χ0v) is 15.4. The van der Waals surface area contributed by atoms with E-state index in [-0.39, 0.29) is 17.4 Å². The Bertz CT molecular complexity index is 773. The smallest absolute Gasteiger partial charge is 0.254 e. The van der Waals surface area contributed by atoms with Crippen molar-refractivity contribution < 1.29 is 14.0 Å². The highest BCUT2D eigenvalue weighted by atomic mass is 19.1. The lowest BCUT2D eigenvalue weighted by molar-refractivity contribution is -0.118. The van der Waals surface area contributed by atoms with E-state index in [0.717, 1.165) is 5.69 Å². The molecule has 6 heteroatoms. The van der Waals surface area contributed by atoms with Gasteiger partial charge in [-0.2, -0.15) is 0 Å². The third-order valence-electron chi connectivity index (χ3n) is 4.01. The Kier molecular flexibility index (Phi) is 6.33. The van der Waals surface area contributed by atoms with Gasteiger partial charge in [-0.25, -0.2) is 4.39 Å². The molecular weight excluding hydrogens is 333 g/mol. The second-order valence-electron chi connectivity index (χ2n) is 6.61. The number of carbonyl (C=O) groups excluding carboxylic acids is 2. The Labute approximate surface area is 153 Å². The third-order valence-corrected chi connectivity index (χ3v) is 4.01. The summed E-state index contributed by atoms with van der Waals surface area (Å²) in [7, 11) is 3.86. The van der Waals surface area contributed by atoms with Crippen LogP contribution in [-0.2, 0) is 4.79 Å². The summed E-state index contributed by atoms with van der Waals surface area (Å²) >= 11 is 0. The molecule has 0 saturated carbocycles. The van der Waals surface area contributed by atoms with E-state index >= 15 is 0 Å². The van der Waals surface area contributed by atoms with Crippen molar-refractivity contribution in [3.05, 3.63) is 59.9 Å². The largest absolute Gasteiger partial charge is 0.378 e. The van der Waals surface area contributed by atoms with Crippen LogP contribution in [0, 0.1) is 11.7 Å². The topological polar surface area (TPSA) is 61.4 Å². The van der Waals surface area contributed by atoms with Crippen LogP contribution in [0.1, 0.15) is 24.2 Å². The Morgan fingerprint density at radius 2 is 1.62 bits per heavy atom. The number of rotatable bonds is 6. The van der Waals surface area contributed by atoms with Crippen molar-refractivity contribution in [2.24, 2.45) is 5.92 Å². The highest BCUT2D eigenvalue weighted by molar-refractivity contribution is 6.01. The van der Waals surface area contributed by atoms with Gasteiger partial charge in [0.15, 0.2) is 0 Å². The first kappa shape index (κ1) is 19.4. The zero-order chi connectivity index (χ0) is 19.3. The predicted molar refractivity (Wildman–Crippen MR) is 102 cm³/mol. The van der Waals surface area contributed by atoms with Crippen molar-refractivity contribution in [1.82, 2.24) is 5.32 Å². The molecule has 0 unspecified atom stereocenters. The van der Waals surface area contributed by atoms with Crippen LogP contribution >= 0.6 is 0 Å². The minimum atomic E-state index is -0.782. The zero-order valence-electron chi connectivity index (χ0n) is 15.4. The summed E-state index contributed by atoms with van der Waals surface area (Å²) in [5.74, 6) is -1.74. The first-order valence-electron chi connectivity index (χ1n) is 8.43. The maximum Gasteiger partial charge on any atom is 0.254 e. The molecule has 2 rings (SSSR count). The number of nitrogens with zero attached hydrogens (tertiary/aromatic N) is 1. The fourth-order valence-electron chi connectivity index (χ4n) is 2.46. The van der Waals surface area contributed by atoms with Crippen molar-refractivity contribution in [2.75, 3.05) is 24.3 Å². The molecule has 0 bridgehead atoms. The molecule has 0 aliphatic heterocycles. The molecule has 138 valence electrons. The van der Waals surface area contributed by atoms with E-state index in [1.807, 2.05) is 45.0 Å². The number of benzene rings is 2. The van der Waals surface area contributed by atoms with E-state index in [2.05, 4.69) is 10.6 Å². The maximum absolute atomic E-state index is 13.8. The van der Waals surface area contributed by atoms with Gasteiger partial charge in [-0.05, 0) is 42.3 Å². The summed E-state index contributed by atoms with van der Waals surface area (Å²) in [4.78, 5) is 26.9. The third kappa shape index (κ3) is 4.81. The van der Waals surface area contributed by atoms with Crippen LogP contribution in [0.4, 0.5) is 15.8 Å². The van der Waals surface area contributed by atoms with E-state index in [1.165, 1.54) is 18.2 Å². The minimum absolute atomic E-state index is 0.0821. The van der Waals surface area contributed by atoms with Gasteiger partial charge in [-0.1, -0.05) is 26.0 Å². The van der Waals surface area contributed by atoms with Gasteiger partial charge >= 0.3 is 0 Å². The molecule has 2 aromatic carbocycles. The molecule has 2 amide bonds. The van der Waals surface area contributed by atoms with Gasteiger partial charge < -0.3 is 15.5 Å². The van der Waals surface area contributed by atoms with E-state index in [0.29, 0.717) is 5.69 Å². The number of hydrogen-bond donors (Lipinski definition) is 2. The summed E-state index contributed by atoms with van der Waals surface area (Å²) in [5.41, 5.74) is 1.56. The Balaban J connectivity index is 2.10. The predicted octanol–water partition coefficient (Wildman–Crippen LogP) is 3.28. The van der Waals surface area contributed by atoms with Gasteiger partial charge in [0.05, 0.1) is 5.56 Å². The van der Waals surface area contributed by atoms with E-state index < -0.39 is 17.8 Å². The summed E-state index contributed by atoms with van der Waals surface area (Å²) in [5, 5.41) is 5.42. The standard InChI is InChI=1S/C20H24FN3O2/c1-13(2)18(23-19(25)16-7-5-6-8-17(16)21)20(26)22-14-9-11-15(12-10-14)24(3)4/h5-13,18H,1-4H3,(H,22,26)(H,23,25)/t18-/m0/s1. The monoisotopic (exact) mass is 357 g/mol. The average molecular weight is 357 g/mol. The summed E-state index contributed by atoms with van der Waals surface area (Å²) in [6, 6.07) is 12.3. The maximum atomic E-state index is 13.8. The molecule has 2 N–H and O–H groups in total. The van der Waals surface area contributed by atoms with Gasteiger partial charge in [-0.15, -0.1) is 0 Å². The van der Waals surface area contributed by atoms with Gasteiger partial charge in [0.2, 0.25) is 5.91 Å². The number of anilines is 2. The molecule has 26 heavy (non-hydrogen) atoms. The lowest BCUT2D eigenvalue weighted by Gasteiger charge is -2.22. The molecule has 0 saturated heterocycles. The second-order valence-corrected chi connectivity index (χ2v) is 6.61. The number of nitrogens with one attached hydrogen (secondary N) is 2. The van der Waals surface area contributed by atoms with Crippen molar-refractivity contribution in [1.29, 1.82) is 0 Å². The SMILES string of the molecule is CC(C)[C@H](NC(=O)c1ccccc1F)C(=O)Nc1ccc(N(C)C)cc1. The molecule has 5 nitrogen and oxygen atoms in total. The second kappa shape index (κ2) is 8.47. The van der Waals surface area contributed by atoms with Crippen molar-refractivity contribution in [3.63, 3.8) is 0 Å². The first-order valence-corrected chi connectivity index (χ1v) is 8.43. The lowest BCUT2D eigenvalue weighted by atomic mass is 10.0. The Morgan fingerprint density at radius 1 is 1.00 bits per heavy atom. The van der Waals surface area contributed by atoms with Crippen LogP contribution in [0.5, 0.6) is 0 Å². The van der Waals surface area contributed by atoms with Crippen molar-refractivity contribution >= 4 is 23.2 Å². The molecule has 0 spiro atoms. The number of amides is 2. The molecule has 0 aliphatic carbocycles. The fraction of sp³-hybridized carbons (Fsp3) is 0.300. The Hall–Kier alpha value is -2.89. The summed E-state index contributed by atoms with van der Waals surface area (Å²) in [6.45, 7) is 3.64. The normalized spacial score (nSPS) is 11.8. The highest BCUT2D eigenvalue weighted by Gasteiger charge is 2.25. The number of hydrogen-bond acceptors (Lipinski definition) is 3. The highest BCUT2D eigenvalue weighted by Crippen LogP contribution is 2.17. The van der Waals surface area contributed by atoms with E-state index in [9.17, 15) is 14.0 Å². The summed E-state index contributed by atoms with van der Waals surface area (Å²) < 4.78 is 13.8. The van der Waals surface area contributed by atoms with Crippen LogP contribution in [0.3, 0.4) is 0 Å². The molecule has 0 radical (unpaired) electrons. The minimum Gasteiger partial charge on any atom is -0.378 e. The molecular formula is C20H24FN3O2. The average Bonchev–Trinajstić information content (AvgIpc) is 2.59. The van der Waals surface area contributed by atoms with Gasteiger partial charge in [-0.3, -0.25) is 9.59 Å². The van der Waals surface area contributed by atoms with E-state index in [1.54, 1.807) is 18.2 Å². The molecule has 1 atom stereocenters. The van der Waals surface area contributed by atoms with Crippen LogP contribution in [0.2, 0.25) is 0 Å². The number of halogens is 1. The van der Waals surface area contributed by atoms with Crippen molar-refractivity contribution in [3.8, 4) is 0 Å². The summed E-state index contributed by atoms with van der Waals surface area (Å²) in [6.07, 6.45) is 0. The lowest BCUT2D eigenvalue weighted by Crippen LogP contribution is -2.47. The van der Waals surface area contributed by atoms with Crippen LogP contribution in [-0.4, -0.2) is 32.0 Å². The number of carbonyl (C=O) groups is 2. The first-order chi connectivity index (χ1) is 12.3. The molecule has 0 fully saturated rings. The molecule has 0 aromatic heterocycles. The molecule has 0 aliphatic rings. The molecule has 2 aromatic rings.